The number of allylic oxidation sites excluding steroid dienone is 4. The van der Waals surface area contributed by atoms with Gasteiger partial charge in [0.2, 0.25) is 0 Å². The van der Waals surface area contributed by atoms with E-state index in [2.05, 4.69) is 52.8 Å². The highest BCUT2D eigenvalue weighted by Crippen LogP contribution is 2.52. The average Bonchev–Trinajstić information content (AvgIpc) is 2.76. The molecule has 0 radical (unpaired) electrons. The number of rotatable bonds is 1. The minimum absolute atomic E-state index is 0.313. The lowest BCUT2D eigenvalue weighted by molar-refractivity contribution is 0.183. The topological polar surface area (TPSA) is 20.2 Å². The summed E-state index contributed by atoms with van der Waals surface area (Å²) in [6, 6.07) is 0. The van der Waals surface area contributed by atoms with Crippen LogP contribution in [0.5, 0.6) is 0 Å². The van der Waals surface area contributed by atoms with Gasteiger partial charge in [0.05, 0.1) is 6.10 Å². The van der Waals surface area contributed by atoms with Gasteiger partial charge in [0.15, 0.2) is 0 Å². The summed E-state index contributed by atoms with van der Waals surface area (Å²) in [6.07, 6.45) is 12.1. The Bertz CT molecular complexity index is 466. The van der Waals surface area contributed by atoms with Crippen LogP contribution in [-0.4, -0.2) is 11.2 Å². The predicted molar refractivity (Wildman–Crippen MR) is 91.1 cm³/mol. The molecule has 0 spiro atoms. The van der Waals surface area contributed by atoms with E-state index in [1.807, 2.05) is 0 Å². The van der Waals surface area contributed by atoms with E-state index < -0.39 is 0 Å². The third-order valence-corrected chi connectivity index (χ3v) is 5.87. The van der Waals surface area contributed by atoms with Crippen LogP contribution in [0.4, 0.5) is 0 Å². The van der Waals surface area contributed by atoms with Crippen molar-refractivity contribution in [2.24, 2.45) is 17.3 Å². The molecular formula is C20H32O. The fourth-order valence-electron chi connectivity index (χ4n) is 4.14. The Morgan fingerprint density at radius 2 is 1.86 bits per heavy atom. The molecule has 0 amide bonds. The molecule has 0 bridgehead atoms. The van der Waals surface area contributed by atoms with Crippen molar-refractivity contribution in [3.05, 3.63) is 34.9 Å². The van der Waals surface area contributed by atoms with Crippen molar-refractivity contribution in [3.63, 3.8) is 0 Å². The summed E-state index contributed by atoms with van der Waals surface area (Å²) in [5, 5.41) is 10.2. The molecule has 0 heterocycles. The molecule has 2 rings (SSSR count). The molecule has 1 heteroatoms. The second-order valence-corrected chi connectivity index (χ2v) is 7.69. The molecule has 3 atom stereocenters. The molecule has 0 aliphatic heterocycles. The number of hydrogen-bond acceptors (Lipinski definition) is 1. The second-order valence-electron chi connectivity index (χ2n) is 7.69. The van der Waals surface area contributed by atoms with Crippen LogP contribution in [0.25, 0.3) is 0 Å². The summed E-state index contributed by atoms with van der Waals surface area (Å²) in [7, 11) is 0. The molecule has 2 aliphatic rings. The van der Waals surface area contributed by atoms with Crippen LogP contribution in [-0.2, 0) is 0 Å². The van der Waals surface area contributed by atoms with Crippen molar-refractivity contribution in [2.45, 2.75) is 72.8 Å². The van der Waals surface area contributed by atoms with E-state index in [-0.39, 0.29) is 6.10 Å². The molecule has 0 aromatic rings. The molecule has 0 fully saturated rings. The molecule has 0 unspecified atom stereocenters. The van der Waals surface area contributed by atoms with Gasteiger partial charge in [-0.1, -0.05) is 50.1 Å². The SMILES string of the molecule is C/C1=C\C[C@H](O)/C(C)=C/CC2=CC[C@H](C(C)C)[C@@]2(C)CC1. The maximum Gasteiger partial charge on any atom is 0.0782 e. The first kappa shape index (κ1) is 16.5. The summed E-state index contributed by atoms with van der Waals surface area (Å²) in [5.74, 6) is 1.49. The van der Waals surface area contributed by atoms with Gasteiger partial charge >= 0.3 is 0 Å². The fourth-order valence-corrected chi connectivity index (χ4v) is 4.14. The van der Waals surface area contributed by atoms with Gasteiger partial charge in [-0.15, -0.1) is 0 Å². The summed E-state index contributed by atoms with van der Waals surface area (Å²) < 4.78 is 0. The molecule has 0 saturated carbocycles. The van der Waals surface area contributed by atoms with Crippen LogP contribution in [0, 0.1) is 17.3 Å². The lowest BCUT2D eigenvalue weighted by Gasteiger charge is -2.38. The third kappa shape index (κ3) is 3.51. The van der Waals surface area contributed by atoms with Crippen molar-refractivity contribution in [1.29, 1.82) is 0 Å². The molecular weight excluding hydrogens is 256 g/mol. The Kier molecular flexibility index (Phi) is 5.14. The van der Waals surface area contributed by atoms with E-state index in [0.717, 1.165) is 36.7 Å². The van der Waals surface area contributed by atoms with Crippen molar-refractivity contribution in [1.82, 2.24) is 0 Å². The fraction of sp³-hybridized carbons (Fsp3) is 0.700. The van der Waals surface area contributed by atoms with Crippen LogP contribution in [0.1, 0.15) is 66.7 Å². The summed E-state index contributed by atoms with van der Waals surface area (Å²) >= 11 is 0. The van der Waals surface area contributed by atoms with Crippen LogP contribution in [0.3, 0.4) is 0 Å². The minimum atomic E-state index is -0.313. The van der Waals surface area contributed by atoms with Gasteiger partial charge in [0.25, 0.3) is 0 Å². The van der Waals surface area contributed by atoms with Gasteiger partial charge in [0, 0.05) is 0 Å². The molecule has 0 aromatic carbocycles. The minimum Gasteiger partial charge on any atom is -0.388 e. The van der Waals surface area contributed by atoms with E-state index in [9.17, 15) is 5.11 Å². The Morgan fingerprint density at radius 3 is 2.52 bits per heavy atom. The Balaban J connectivity index is 2.32. The average molecular weight is 288 g/mol. The van der Waals surface area contributed by atoms with E-state index in [1.165, 1.54) is 18.4 Å². The van der Waals surface area contributed by atoms with Crippen LogP contribution in [0.2, 0.25) is 0 Å². The van der Waals surface area contributed by atoms with Crippen LogP contribution >= 0.6 is 0 Å². The maximum atomic E-state index is 10.2. The predicted octanol–water partition coefficient (Wildman–Crippen LogP) is 5.42. The number of hydrogen-bond donors (Lipinski definition) is 1. The van der Waals surface area contributed by atoms with E-state index in [1.54, 1.807) is 5.57 Å². The Hall–Kier alpha value is -0.820. The monoisotopic (exact) mass is 288 g/mol. The van der Waals surface area contributed by atoms with Gasteiger partial charge in [-0.05, 0) is 68.8 Å². The highest BCUT2D eigenvalue weighted by atomic mass is 16.3. The van der Waals surface area contributed by atoms with Crippen molar-refractivity contribution in [3.8, 4) is 0 Å². The normalized spacial score (nSPS) is 39.7. The van der Waals surface area contributed by atoms with E-state index >= 15 is 0 Å². The summed E-state index contributed by atoms with van der Waals surface area (Å²) in [6.45, 7) is 11.5. The van der Waals surface area contributed by atoms with E-state index in [0.29, 0.717) is 5.41 Å². The Labute approximate surface area is 130 Å². The zero-order chi connectivity index (χ0) is 15.6. The van der Waals surface area contributed by atoms with Gasteiger partial charge in [-0.25, -0.2) is 0 Å². The molecule has 2 aliphatic carbocycles. The number of aliphatic hydroxyl groups is 1. The van der Waals surface area contributed by atoms with Crippen molar-refractivity contribution >= 4 is 0 Å². The standard InChI is InChI=1S/C20H32O/c1-14(2)18-10-9-17-8-7-16(4)19(21)11-6-15(3)12-13-20(17,18)5/h6-7,9,14,18-19,21H,8,10-13H2,1-5H3/b15-6+,16-7+/t18-,19+,20+/m1/s1. The highest BCUT2D eigenvalue weighted by molar-refractivity contribution is 5.27. The zero-order valence-electron chi connectivity index (χ0n) is 14.4. The molecule has 21 heavy (non-hydrogen) atoms. The molecule has 118 valence electrons. The van der Waals surface area contributed by atoms with Crippen molar-refractivity contribution in [2.75, 3.05) is 0 Å². The van der Waals surface area contributed by atoms with Gasteiger partial charge < -0.3 is 5.11 Å². The van der Waals surface area contributed by atoms with Gasteiger partial charge in [-0.3, -0.25) is 0 Å². The summed E-state index contributed by atoms with van der Waals surface area (Å²) in [4.78, 5) is 0. The van der Waals surface area contributed by atoms with Gasteiger partial charge in [-0.2, -0.15) is 0 Å². The number of aliphatic hydroxyl groups excluding tert-OH is 1. The zero-order valence-corrected chi connectivity index (χ0v) is 14.4. The molecule has 1 N–H and O–H groups in total. The first-order chi connectivity index (χ1) is 9.84. The molecule has 1 nitrogen and oxygen atoms in total. The molecule has 0 saturated heterocycles. The smallest absolute Gasteiger partial charge is 0.0782 e. The lowest BCUT2D eigenvalue weighted by Crippen LogP contribution is -2.29. The second kappa shape index (κ2) is 6.52. The van der Waals surface area contributed by atoms with Crippen LogP contribution in [0.15, 0.2) is 34.9 Å². The molecule has 0 aromatic heterocycles. The maximum absolute atomic E-state index is 10.2. The van der Waals surface area contributed by atoms with E-state index in [4.69, 9.17) is 0 Å². The first-order valence-corrected chi connectivity index (χ1v) is 8.54. The Morgan fingerprint density at radius 1 is 1.14 bits per heavy atom. The lowest BCUT2D eigenvalue weighted by atomic mass is 9.67. The first-order valence-electron chi connectivity index (χ1n) is 8.54. The highest BCUT2D eigenvalue weighted by Gasteiger charge is 2.41. The third-order valence-electron chi connectivity index (χ3n) is 5.87. The quantitative estimate of drug-likeness (QED) is 0.638. The largest absolute Gasteiger partial charge is 0.388 e. The summed E-state index contributed by atoms with van der Waals surface area (Å²) in [5.41, 5.74) is 4.48. The van der Waals surface area contributed by atoms with Crippen LogP contribution < -0.4 is 0 Å². The number of fused-ring (bicyclic) bond motifs is 1. The van der Waals surface area contributed by atoms with Crippen molar-refractivity contribution < 1.29 is 5.11 Å². The van der Waals surface area contributed by atoms with Gasteiger partial charge in [0.1, 0.15) is 0 Å².